The van der Waals surface area contributed by atoms with Gasteiger partial charge in [0.15, 0.2) is 5.96 Å². The molecule has 0 radical (unpaired) electrons. The second-order valence-electron chi connectivity index (χ2n) is 6.18. The summed E-state index contributed by atoms with van der Waals surface area (Å²) in [6.07, 6.45) is 0. The topological polar surface area (TPSA) is 77.0 Å². The molecule has 0 atom stereocenters. The number of guanidine groups is 1. The van der Waals surface area contributed by atoms with Crippen LogP contribution in [-0.4, -0.2) is 71.3 Å². The molecule has 10 heteroatoms. The number of anilines is 1. The van der Waals surface area contributed by atoms with Crippen molar-refractivity contribution in [2.45, 2.75) is 13.8 Å². The van der Waals surface area contributed by atoms with Gasteiger partial charge in [-0.2, -0.15) is 0 Å². The molecule has 0 aromatic heterocycles. The van der Waals surface area contributed by atoms with Gasteiger partial charge in [-0.25, -0.2) is 13.1 Å². The highest BCUT2D eigenvalue weighted by Gasteiger charge is 2.21. The van der Waals surface area contributed by atoms with Crippen molar-refractivity contribution in [2.24, 2.45) is 4.99 Å². The van der Waals surface area contributed by atoms with Crippen LogP contribution in [0.3, 0.4) is 0 Å². The molecule has 27 heavy (non-hydrogen) atoms. The van der Waals surface area contributed by atoms with Gasteiger partial charge in [0.05, 0.1) is 5.75 Å². The van der Waals surface area contributed by atoms with Gasteiger partial charge in [0, 0.05) is 57.0 Å². The maximum atomic E-state index is 11.4. The summed E-state index contributed by atoms with van der Waals surface area (Å²) in [5.74, 6) is 0.884. The van der Waals surface area contributed by atoms with E-state index >= 15 is 0 Å². The number of nitrogens with zero attached hydrogens (tertiary/aromatic N) is 3. The van der Waals surface area contributed by atoms with Crippen LogP contribution in [0.25, 0.3) is 0 Å². The van der Waals surface area contributed by atoms with Crippen LogP contribution in [0.1, 0.15) is 12.5 Å². The molecular formula is C17H29ClIN5O2S. The Hall–Kier alpha value is -0.780. The average Bonchev–Trinajstić information content (AvgIpc) is 2.64. The lowest BCUT2D eigenvalue weighted by atomic mass is 10.1. The lowest BCUT2D eigenvalue weighted by molar-refractivity contribution is 0.373. The number of hydrogen-bond acceptors (Lipinski definition) is 4. The SMILES string of the molecule is CCS(=O)(=O)NCCNC(=NC)N1CCN(c2cc(Cl)ccc2C)CC1.I. The zero-order valence-corrected chi connectivity index (χ0v) is 19.9. The Kier molecular flexibility index (Phi) is 10.1. The van der Waals surface area contributed by atoms with Crippen LogP contribution in [0.15, 0.2) is 23.2 Å². The van der Waals surface area contributed by atoms with E-state index in [1.165, 1.54) is 11.3 Å². The molecule has 1 aliphatic rings. The molecule has 154 valence electrons. The summed E-state index contributed by atoms with van der Waals surface area (Å²) in [4.78, 5) is 8.83. The van der Waals surface area contributed by atoms with Crippen molar-refractivity contribution in [2.75, 3.05) is 57.0 Å². The highest BCUT2D eigenvalue weighted by molar-refractivity contribution is 14.0. The minimum absolute atomic E-state index is 0. The third kappa shape index (κ3) is 7.28. The molecule has 2 N–H and O–H groups in total. The summed E-state index contributed by atoms with van der Waals surface area (Å²) < 4.78 is 25.4. The minimum atomic E-state index is -3.16. The fourth-order valence-corrected chi connectivity index (χ4v) is 3.68. The van der Waals surface area contributed by atoms with Crippen LogP contribution in [0.5, 0.6) is 0 Å². The summed E-state index contributed by atoms with van der Waals surface area (Å²) in [5.41, 5.74) is 2.39. The summed E-state index contributed by atoms with van der Waals surface area (Å²) in [7, 11) is -1.41. The first-order chi connectivity index (χ1) is 12.4. The number of rotatable bonds is 6. The third-order valence-electron chi connectivity index (χ3n) is 4.41. The molecule has 0 saturated carbocycles. The second kappa shape index (κ2) is 11.3. The zero-order chi connectivity index (χ0) is 19.2. The fraction of sp³-hybridized carbons (Fsp3) is 0.588. The molecule has 1 aromatic carbocycles. The smallest absolute Gasteiger partial charge is 0.211 e. The summed E-state index contributed by atoms with van der Waals surface area (Å²) in [6, 6.07) is 5.97. The first kappa shape index (κ1) is 24.3. The van der Waals surface area contributed by atoms with Gasteiger partial charge in [-0.1, -0.05) is 17.7 Å². The number of halogens is 2. The lowest BCUT2D eigenvalue weighted by Gasteiger charge is -2.38. The van der Waals surface area contributed by atoms with E-state index in [1.54, 1.807) is 14.0 Å². The van der Waals surface area contributed by atoms with E-state index in [4.69, 9.17) is 11.6 Å². The molecule has 0 aliphatic carbocycles. The van der Waals surface area contributed by atoms with Crippen molar-refractivity contribution in [3.63, 3.8) is 0 Å². The summed E-state index contributed by atoms with van der Waals surface area (Å²) in [5, 5.41) is 3.97. The van der Waals surface area contributed by atoms with Gasteiger partial charge < -0.3 is 15.1 Å². The molecule has 1 aliphatic heterocycles. The van der Waals surface area contributed by atoms with Gasteiger partial charge in [-0.3, -0.25) is 4.99 Å². The molecule has 1 aromatic rings. The van der Waals surface area contributed by atoms with Gasteiger partial charge in [0.25, 0.3) is 0 Å². The van der Waals surface area contributed by atoms with E-state index < -0.39 is 10.0 Å². The summed E-state index contributed by atoms with van der Waals surface area (Å²) in [6.45, 7) is 8.00. The van der Waals surface area contributed by atoms with E-state index in [9.17, 15) is 8.42 Å². The second-order valence-corrected chi connectivity index (χ2v) is 8.71. The van der Waals surface area contributed by atoms with Crippen LogP contribution in [0.4, 0.5) is 5.69 Å². The summed E-state index contributed by atoms with van der Waals surface area (Å²) >= 11 is 6.14. The van der Waals surface area contributed by atoms with Crippen molar-refractivity contribution < 1.29 is 8.42 Å². The molecule has 0 bridgehead atoms. The Labute approximate surface area is 184 Å². The molecule has 1 saturated heterocycles. The van der Waals surface area contributed by atoms with Crippen molar-refractivity contribution in [3.05, 3.63) is 28.8 Å². The lowest BCUT2D eigenvalue weighted by Crippen LogP contribution is -2.53. The fourth-order valence-electron chi connectivity index (χ4n) is 2.90. The van der Waals surface area contributed by atoms with E-state index in [-0.39, 0.29) is 29.7 Å². The molecule has 0 amide bonds. The van der Waals surface area contributed by atoms with E-state index in [0.717, 1.165) is 37.2 Å². The van der Waals surface area contributed by atoms with E-state index in [0.29, 0.717) is 13.1 Å². The van der Waals surface area contributed by atoms with Gasteiger partial charge in [-0.15, -0.1) is 24.0 Å². The number of piperazine rings is 1. The van der Waals surface area contributed by atoms with Gasteiger partial charge in [0.1, 0.15) is 0 Å². The highest BCUT2D eigenvalue weighted by atomic mass is 127. The van der Waals surface area contributed by atoms with Crippen molar-refractivity contribution >= 4 is 57.2 Å². The standard InChI is InChI=1S/C17H28ClN5O2S.HI/c1-4-26(24,25)21-8-7-20-17(19-3)23-11-9-22(10-12-23)16-13-15(18)6-5-14(16)2;/h5-6,13,21H,4,7-12H2,1-3H3,(H,19,20);1H. The number of aliphatic imine (C=N–C) groups is 1. The maximum Gasteiger partial charge on any atom is 0.211 e. The molecule has 7 nitrogen and oxygen atoms in total. The highest BCUT2D eigenvalue weighted by Crippen LogP contribution is 2.25. The average molecular weight is 530 g/mol. The van der Waals surface area contributed by atoms with Crippen molar-refractivity contribution in [1.82, 2.24) is 14.9 Å². The first-order valence-electron chi connectivity index (χ1n) is 8.80. The van der Waals surface area contributed by atoms with Crippen molar-refractivity contribution in [3.8, 4) is 0 Å². The number of nitrogens with one attached hydrogen (secondary N) is 2. The van der Waals surface area contributed by atoms with E-state index in [1.807, 2.05) is 18.2 Å². The Morgan fingerprint density at radius 3 is 2.48 bits per heavy atom. The molecule has 1 fully saturated rings. The monoisotopic (exact) mass is 529 g/mol. The normalized spacial score (nSPS) is 15.5. The first-order valence-corrected chi connectivity index (χ1v) is 10.8. The molecule has 2 rings (SSSR count). The van der Waals surface area contributed by atoms with E-state index in [2.05, 4.69) is 31.8 Å². The number of sulfonamides is 1. The third-order valence-corrected chi connectivity index (χ3v) is 6.05. The van der Waals surface area contributed by atoms with Crippen LogP contribution in [-0.2, 0) is 10.0 Å². The number of aryl methyl sites for hydroxylation is 1. The largest absolute Gasteiger partial charge is 0.368 e. The molecule has 0 spiro atoms. The van der Waals surface area contributed by atoms with Crippen LogP contribution < -0.4 is 14.9 Å². The van der Waals surface area contributed by atoms with Crippen LogP contribution in [0, 0.1) is 6.92 Å². The molecule has 1 heterocycles. The number of benzene rings is 1. The zero-order valence-electron chi connectivity index (χ0n) is 16.0. The number of hydrogen-bond donors (Lipinski definition) is 2. The Morgan fingerprint density at radius 2 is 1.89 bits per heavy atom. The van der Waals surface area contributed by atoms with Gasteiger partial charge in [0.2, 0.25) is 10.0 Å². The predicted octanol–water partition coefficient (Wildman–Crippen LogP) is 1.90. The van der Waals surface area contributed by atoms with Crippen LogP contribution >= 0.6 is 35.6 Å². The Balaban J connectivity index is 0.00000364. The maximum absolute atomic E-state index is 11.4. The van der Waals surface area contributed by atoms with Gasteiger partial charge in [-0.05, 0) is 31.5 Å². The van der Waals surface area contributed by atoms with Gasteiger partial charge >= 0.3 is 0 Å². The Bertz CT molecular complexity index is 737. The van der Waals surface area contributed by atoms with Crippen molar-refractivity contribution in [1.29, 1.82) is 0 Å². The molecule has 0 unspecified atom stereocenters. The minimum Gasteiger partial charge on any atom is -0.368 e. The van der Waals surface area contributed by atoms with Crippen LogP contribution in [0.2, 0.25) is 5.02 Å². The Morgan fingerprint density at radius 1 is 1.22 bits per heavy atom. The quantitative estimate of drug-likeness (QED) is 0.255. The molecular weight excluding hydrogens is 501 g/mol. The predicted molar refractivity (Wildman–Crippen MR) is 124 cm³/mol.